The fraction of sp³-hybridized carbons (Fsp3) is 0.316. The lowest BCUT2D eigenvalue weighted by Crippen LogP contribution is -2.56. The number of anilines is 1. The second kappa shape index (κ2) is 8.38. The molecule has 0 saturated carbocycles. The van der Waals surface area contributed by atoms with Gasteiger partial charge in [0.2, 0.25) is 0 Å². The van der Waals surface area contributed by atoms with Crippen LogP contribution in [0.2, 0.25) is 0 Å². The Labute approximate surface area is 177 Å². The second-order valence-electron chi connectivity index (χ2n) is 7.42. The zero-order chi connectivity index (χ0) is 23.8. The summed E-state index contributed by atoms with van der Waals surface area (Å²) in [5.41, 5.74) is -3.37. The molecule has 2 aromatic rings. The molecule has 0 radical (unpaired) electrons. The molecule has 0 aliphatic carbocycles. The van der Waals surface area contributed by atoms with Crippen molar-refractivity contribution in [3.63, 3.8) is 0 Å². The molecule has 0 bridgehead atoms. The van der Waals surface area contributed by atoms with Crippen LogP contribution in [0.3, 0.4) is 0 Å². The first-order valence-electron chi connectivity index (χ1n) is 8.96. The van der Waals surface area contributed by atoms with Gasteiger partial charge in [0.25, 0.3) is 5.91 Å². The van der Waals surface area contributed by atoms with E-state index in [4.69, 9.17) is 11.1 Å². The number of benzene rings is 1. The van der Waals surface area contributed by atoms with Gasteiger partial charge in [0.15, 0.2) is 29.2 Å². The minimum atomic E-state index is -4.82. The molecule has 3 rings (SSSR count). The summed E-state index contributed by atoms with van der Waals surface area (Å²) < 4.78 is 82.5. The van der Waals surface area contributed by atoms with Gasteiger partial charge < -0.3 is 5.32 Å². The van der Waals surface area contributed by atoms with Crippen LogP contribution in [0, 0.1) is 28.8 Å². The van der Waals surface area contributed by atoms with E-state index >= 15 is 0 Å². The summed E-state index contributed by atoms with van der Waals surface area (Å²) in [5, 5.41) is 11.2. The van der Waals surface area contributed by atoms with Crippen molar-refractivity contribution in [1.82, 2.24) is 10.2 Å². The van der Waals surface area contributed by atoms with Crippen molar-refractivity contribution in [2.45, 2.75) is 31.0 Å². The molecule has 0 spiro atoms. The minimum absolute atomic E-state index is 0.146. The standard InChI is InChI=1S/C19H15F6N5O2/c1-18(5-14(19(23,24)25)32-30(27)8-18)11-3-10(4-12(20)15(11)22)29-17(31)16-13(21)2-9(6-26)7-28-16/h2-4,7,14H,5,8,27H2,1H3,(H,29,31)/t14-,18+/m0/s1. The number of hydrazine groups is 1. The van der Waals surface area contributed by atoms with Crippen LogP contribution in [0.5, 0.6) is 0 Å². The van der Waals surface area contributed by atoms with Crippen molar-refractivity contribution in [1.29, 1.82) is 5.26 Å². The Morgan fingerprint density at radius 3 is 2.59 bits per heavy atom. The molecule has 1 saturated heterocycles. The van der Waals surface area contributed by atoms with Crippen molar-refractivity contribution in [2.24, 2.45) is 5.84 Å². The van der Waals surface area contributed by atoms with E-state index < -0.39 is 65.3 Å². The van der Waals surface area contributed by atoms with Gasteiger partial charge >= 0.3 is 6.18 Å². The van der Waals surface area contributed by atoms with E-state index in [9.17, 15) is 31.1 Å². The van der Waals surface area contributed by atoms with Gasteiger partial charge in [-0.05, 0) is 18.6 Å². The number of hydrogen-bond donors (Lipinski definition) is 2. The number of halogens is 6. The van der Waals surface area contributed by atoms with E-state index in [0.717, 1.165) is 18.3 Å². The molecule has 1 aliphatic rings. The van der Waals surface area contributed by atoms with Crippen LogP contribution >= 0.6 is 0 Å². The SMILES string of the molecule is C[C@@]1(c2cc(NC(=O)c3ncc(C#N)cc3F)cc(F)c2F)C[C@@H](C(F)(F)F)ON(N)C1. The van der Waals surface area contributed by atoms with E-state index in [1.54, 1.807) is 6.07 Å². The molecule has 3 N–H and O–H groups in total. The average molecular weight is 459 g/mol. The van der Waals surface area contributed by atoms with Gasteiger partial charge in [-0.1, -0.05) is 6.92 Å². The molecule has 1 aromatic carbocycles. The van der Waals surface area contributed by atoms with Gasteiger partial charge in [-0.3, -0.25) is 9.63 Å². The molecule has 1 fully saturated rings. The summed E-state index contributed by atoms with van der Waals surface area (Å²) >= 11 is 0. The highest BCUT2D eigenvalue weighted by molar-refractivity contribution is 6.03. The number of nitrogens with one attached hydrogen (secondary N) is 1. The molecular weight excluding hydrogens is 444 g/mol. The maximum absolute atomic E-state index is 14.6. The lowest BCUT2D eigenvalue weighted by molar-refractivity contribution is -0.327. The summed E-state index contributed by atoms with van der Waals surface area (Å²) in [6, 6.07) is 3.91. The monoisotopic (exact) mass is 459 g/mol. The zero-order valence-corrected chi connectivity index (χ0v) is 16.3. The number of alkyl halides is 3. The largest absolute Gasteiger partial charge is 0.416 e. The minimum Gasteiger partial charge on any atom is -0.320 e. The highest BCUT2D eigenvalue weighted by atomic mass is 19.4. The third kappa shape index (κ3) is 4.67. The molecule has 0 unspecified atom stereocenters. The molecule has 32 heavy (non-hydrogen) atoms. The fourth-order valence-corrected chi connectivity index (χ4v) is 3.38. The van der Waals surface area contributed by atoms with Crippen molar-refractivity contribution < 1.29 is 36.0 Å². The second-order valence-corrected chi connectivity index (χ2v) is 7.42. The van der Waals surface area contributed by atoms with E-state index in [-0.39, 0.29) is 11.3 Å². The highest BCUT2D eigenvalue weighted by Crippen LogP contribution is 2.41. The molecule has 7 nitrogen and oxygen atoms in total. The number of carbonyl (C=O) groups excluding carboxylic acids is 1. The molecule has 2 atom stereocenters. The highest BCUT2D eigenvalue weighted by Gasteiger charge is 2.51. The first kappa shape index (κ1) is 23.5. The molecule has 1 aliphatic heterocycles. The maximum atomic E-state index is 14.6. The van der Waals surface area contributed by atoms with E-state index in [1.807, 2.05) is 0 Å². The van der Waals surface area contributed by atoms with E-state index in [0.29, 0.717) is 11.2 Å². The smallest absolute Gasteiger partial charge is 0.320 e. The number of amides is 1. The maximum Gasteiger partial charge on any atom is 0.416 e. The zero-order valence-electron chi connectivity index (χ0n) is 16.3. The summed E-state index contributed by atoms with van der Waals surface area (Å²) in [6.45, 7) is 0.818. The summed E-state index contributed by atoms with van der Waals surface area (Å²) in [5.74, 6) is 0.255. The Bertz CT molecular complexity index is 1100. The van der Waals surface area contributed by atoms with Gasteiger partial charge in [-0.2, -0.15) is 18.4 Å². The average Bonchev–Trinajstić information content (AvgIpc) is 2.68. The number of hydroxylamine groups is 1. The van der Waals surface area contributed by atoms with Crippen LogP contribution in [0.1, 0.15) is 35.0 Å². The number of nitrogens with zero attached hydrogens (tertiary/aromatic N) is 3. The predicted molar refractivity (Wildman–Crippen MR) is 97.0 cm³/mol. The molecule has 1 amide bonds. The third-order valence-electron chi connectivity index (χ3n) is 4.89. The Hall–Kier alpha value is -3.21. The third-order valence-corrected chi connectivity index (χ3v) is 4.89. The lowest BCUT2D eigenvalue weighted by Gasteiger charge is -2.42. The van der Waals surface area contributed by atoms with Crippen LogP contribution in [-0.4, -0.2) is 34.9 Å². The number of rotatable bonds is 3. The summed E-state index contributed by atoms with van der Waals surface area (Å²) in [4.78, 5) is 20.4. The van der Waals surface area contributed by atoms with Gasteiger partial charge in [-0.15, -0.1) is 5.17 Å². The molecule has 2 heterocycles. The normalized spacial score (nSPS) is 21.8. The van der Waals surface area contributed by atoms with Crippen LogP contribution in [0.4, 0.5) is 32.0 Å². The van der Waals surface area contributed by atoms with Crippen molar-refractivity contribution in [2.75, 3.05) is 11.9 Å². The van der Waals surface area contributed by atoms with Crippen LogP contribution in [-0.2, 0) is 10.3 Å². The Kier molecular flexibility index (Phi) is 6.14. The van der Waals surface area contributed by atoms with Gasteiger partial charge in [0, 0.05) is 35.5 Å². The molecule has 1 aromatic heterocycles. The van der Waals surface area contributed by atoms with Crippen molar-refractivity contribution in [3.05, 3.63) is 58.7 Å². The number of pyridine rings is 1. The van der Waals surface area contributed by atoms with E-state index in [2.05, 4.69) is 15.1 Å². The number of hydrogen-bond acceptors (Lipinski definition) is 6. The van der Waals surface area contributed by atoms with Crippen molar-refractivity contribution >= 4 is 11.6 Å². The molecule has 13 heteroatoms. The predicted octanol–water partition coefficient (Wildman–Crippen LogP) is 3.32. The van der Waals surface area contributed by atoms with Gasteiger partial charge in [-0.25, -0.2) is 24.0 Å². The lowest BCUT2D eigenvalue weighted by atomic mass is 9.76. The van der Waals surface area contributed by atoms with Gasteiger partial charge in [0.1, 0.15) is 6.07 Å². The Morgan fingerprint density at radius 2 is 2.00 bits per heavy atom. The van der Waals surface area contributed by atoms with Gasteiger partial charge in [0.05, 0.1) is 5.56 Å². The first-order chi connectivity index (χ1) is 14.8. The van der Waals surface area contributed by atoms with E-state index in [1.165, 1.54) is 6.92 Å². The summed E-state index contributed by atoms with van der Waals surface area (Å²) in [7, 11) is 0. The molecular formula is C19H15F6N5O2. The Balaban J connectivity index is 1.96. The fourth-order valence-electron chi connectivity index (χ4n) is 3.38. The van der Waals surface area contributed by atoms with Crippen LogP contribution in [0.25, 0.3) is 0 Å². The number of aromatic nitrogens is 1. The van der Waals surface area contributed by atoms with Crippen molar-refractivity contribution in [3.8, 4) is 6.07 Å². The number of nitriles is 1. The van der Waals surface area contributed by atoms with Crippen LogP contribution < -0.4 is 11.2 Å². The molecule has 170 valence electrons. The summed E-state index contributed by atoms with van der Waals surface area (Å²) in [6.07, 6.45) is -7.03. The topological polar surface area (TPSA) is 104 Å². The number of carbonyl (C=O) groups is 1. The Morgan fingerprint density at radius 1 is 1.31 bits per heavy atom. The van der Waals surface area contributed by atoms with Crippen LogP contribution in [0.15, 0.2) is 24.4 Å². The number of nitrogens with two attached hydrogens (primary N) is 1. The first-order valence-corrected chi connectivity index (χ1v) is 8.96. The quantitative estimate of drug-likeness (QED) is 0.539.